The minimum atomic E-state index is 0.0590. The first kappa shape index (κ1) is 21.8. The molecule has 2 aromatic rings. The second kappa shape index (κ2) is 11.3. The molecule has 0 aliphatic carbocycles. The second-order valence-electron chi connectivity index (χ2n) is 7.62. The fraction of sp³-hybridized carbons (Fsp3) is 0.360. The number of carbonyl (C=O) groups excluding carboxylic acids is 2. The minimum absolute atomic E-state index is 0.0590. The van der Waals surface area contributed by atoms with Gasteiger partial charge in [0.25, 0.3) is 0 Å². The van der Waals surface area contributed by atoms with E-state index in [1.807, 2.05) is 53.4 Å². The fourth-order valence-electron chi connectivity index (χ4n) is 3.77. The van der Waals surface area contributed by atoms with Crippen molar-refractivity contribution in [1.29, 1.82) is 0 Å². The van der Waals surface area contributed by atoms with E-state index in [-0.39, 0.29) is 11.8 Å². The molecule has 0 saturated carbocycles. The third-order valence-electron chi connectivity index (χ3n) is 5.46. The van der Waals surface area contributed by atoms with E-state index in [1.165, 1.54) is 5.56 Å². The smallest absolute Gasteiger partial charge is 0.241 e. The van der Waals surface area contributed by atoms with Crippen LogP contribution in [0.15, 0.2) is 73.3 Å². The Hall–Kier alpha value is -2.92. The zero-order valence-corrected chi connectivity index (χ0v) is 17.6. The maximum atomic E-state index is 12.8. The predicted octanol–water partition coefficient (Wildman–Crippen LogP) is 3.37. The SMILES string of the molecule is C=CCN(C(=O)CN1CCN(C(=O)CCCc2ccccc2)CC1)c1ccccc1. The number of carbonyl (C=O) groups is 2. The summed E-state index contributed by atoms with van der Waals surface area (Å²) in [6.07, 6.45) is 4.13. The van der Waals surface area contributed by atoms with Crippen LogP contribution in [-0.4, -0.2) is 60.9 Å². The molecule has 158 valence electrons. The Bertz CT molecular complexity index is 815. The highest BCUT2D eigenvalue weighted by atomic mass is 16.2. The van der Waals surface area contributed by atoms with Crippen molar-refractivity contribution in [2.75, 3.05) is 44.2 Å². The molecule has 2 amide bonds. The van der Waals surface area contributed by atoms with E-state index in [4.69, 9.17) is 0 Å². The number of rotatable bonds is 9. The van der Waals surface area contributed by atoms with E-state index < -0.39 is 0 Å². The molecule has 1 saturated heterocycles. The first-order valence-electron chi connectivity index (χ1n) is 10.7. The largest absolute Gasteiger partial charge is 0.340 e. The number of benzene rings is 2. The van der Waals surface area contributed by atoms with Gasteiger partial charge >= 0.3 is 0 Å². The van der Waals surface area contributed by atoms with Crippen LogP contribution in [0.3, 0.4) is 0 Å². The number of aryl methyl sites for hydroxylation is 1. The third kappa shape index (κ3) is 6.29. The Morgan fingerprint density at radius 3 is 2.20 bits per heavy atom. The standard InChI is InChI=1S/C25H31N3O2/c1-2-16-28(23-13-7-4-8-14-23)25(30)21-26-17-19-27(20-18-26)24(29)15-9-12-22-10-5-3-6-11-22/h2-8,10-11,13-14H,1,9,12,15-21H2. The Labute approximate surface area is 179 Å². The Kier molecular flexibility index (Phi) is 8.21. The average molecular weight is 406 g/mol. The molecule has 5 nitrogen and oxygen atoms in total. The number of piperazine rings is 1. The van der Waals surface area contributed by atoms with Crippen LogP contribution < -0.4 is 4.90 Å². The molecule has 0 atom stereocenters. The lowest BCUT2D eigenvalue weighted by Crippen LogP contribution is -2.51. The summed E-state index contributed by atoms with van der Waals surface area (Å²) in [7, 11) is 0. The number of para-hydroxylation sites is 1. The lowest BCUT2D eigenvalue weighted by molar-refractivity contribution is -0.133. The number of hydrogen-bond acceptors (Lipinski definition) is 3. The Morgan fingerprint density at radius 2 is 1.57 bits per heavy atom. The number of hydrogen-bond donors (Lipinski definition) is 0. The van der Waals surface area contributed by atoms with Gasteiger partial charge in [0.15, 0.2) is 0 Å². The van der Waals surface area contributed by atoms with Crippen molar-refractivity contribution in [1.82, 2.24) is 9.80 Å². The van der Waals surface area contributed by atoms with Gasteiger partial charge < -0.3 is 9.80 Å². The van der Waals surface area contributed by atoms with Crippen molar-refractivity contribution in [2.45, 2.75) is 19.3 Å². The van der Waals surface area contributed by atoms with Crippen LogP contribution in [0.25, 0.3) is 0 Å². The van der Waals surface area contributed by atoms with Crippen molar-refractivity contribution in [3.05, 3.63) is 78.9 Å². The molecule has 0 radical (unpaired) electrons. The van der Waals surface area contributed by atoms with Crippen LogP contribution in [0.1, 0.15) is 18.4 Å². The summed E-state index contributed by atoms with van der Waals surface area (Å²) >= 11 is 0. The van der Waals surface area contributed by atoms with Crippen LogP contribution >= 0.6 is 0 Å². The predicted molar refractivity (Wildman–Crippen MR) is 121 cm³/mol. The molecule has 1 aliphatic rings. The molecule has 0 N–H and O–H groups in total. The minimum Gasteiger partial charge on any atom is -0.340 e. The van der Waals surface area contributed by atoms with Crippen molar-refractivity contribution < 1.29 is 9.59 Å². The van der Waals surface area contributed by atoms with Crippen molar-refractivity contribution >= 4 is 17.5 Å². The Morgan fingerprint density at radius 1 is 0.933 bits per heavy atom. The van der Waals surface area contributed by atoms with E-state index in [0.29, 0.717) is 32.6 Å². The molecule has 1 fully saturated rings. The normalized spacial score (nSPS) is 14.3. The summed E-state index contributed by atoms with van der Waals surface area (Å²) in [5.41, 5.74) is 2.16. The molecule has 30 heavy (non-hydrogen) atoms. The van der Waals surface area contributed by atoms with E-state index in [9.17, 15) is 9.59 Å². The molecule has 3 rings (SSSR count). The molecule has 1 heterocycles. The van der Waals surface area contributed by atoms with E-state index in [2.05, 4.69) is 23.6 Å². The summed E-state index contributed by atoms with van der Waals surface area (Å²) in [4.78, 5) is 31.2. The first-order valence-corrected chi connectivity index (χ1v) is 10.7. The van der Waals surface area contributed by atoms with Gasteiger partial charge in [-0.2, -0.15) is 0 Å². The lowest BCUT2D eigenvalue weighted by atomic mass is 10.1. The van der Waals surface area contributed by atoms with Crippen LogP contribution in [0.4, 0.5) is 5.69 Å². The van der Waals surface area contributed by atoms with Crippen LogP contribution in [-0.2, 0) is 16.0 Å². The van der Waals surface area contributed by atoms with Gasteiger partial charge in [-0.1, -0.05) is 54.6 Å². The number of nitrogens with zero attached hydrogens (tertiary/aromatic N) is 3. The average Bonchev–Trinajstić information content (AvgIpc) is 2.79. The van der Waals surface area contributed by atoms with Crippen LogP contribution in [0.2, 0.25) is 0 Å². The van der Waals surface area contributed by atoms with E-state index >= 15 is 0 Å². The van der Waals surface area contributed by atoms with Crippen LogP contribution in [0.5, 0.6) is 0 Å². The highest BCUT2D eigenvalue weighted by Crippen LogP contribution is 2.15. The summed E-state index contributed by atoms with van der Waals surface area (Å²) in [6, 6.07) is 20.0. The van der Waals surface area contributed by atoms with Crippen molar-refractivity contribution in [3.63, 3.8) is 0 Å². The zero-order valence-electron chi connectivity index (χ0n) is 17.6. The quantitative estimate of drug-likeness (QED) is 0.601. The molecular formula is C25H31N3O2. The topological polar surface area (TPSA) is 43.9 Å². The maximum absolute atomic E-state index is 12.8. The van der Waals surface area contributed by atoms with Gasteiger partial charge in [-0.25, -0.2) is 0 Å². The molecule has 2 aromatic carbocycles. The molecule has 0 bridgehead atoms. The van der Waals surface area contributed by atoms with Gasteiger partial charge in [-0.3, -0.25) is 14.5 Å². The summed E-state index contributed by atoms with van der Waals surface area (Å²) in [6.45, 7) is 7.45. The van der Waals surface area contributed by atoms with Gasteiger partial charge in [0.2, 0.25) is 11.8 Å². The number of amides is 2. The second-order valence-corrected chi connectivity index (χ2v) is 7.62. The monoisotopic (exact) mass is 405 g/mol. The van der Waals surface area contributed by atoms with Crippen molar-refractivity contribution in [3.8, 4) is 0 Å². The highest BCUT2D eigenvalue weighted by molar-refractivity contribution is 5.95. The molecule has 0 unspecified atom stereocenters. The molecular weight excluding hydrogens is 374 g/mol. The number of anilines is 1. The highest BCUT2D eigenvalue weighted by Gasteiger charge is 2.24. The molecule has 0 aromatic heterocycles. The maximum Gasteiger partial charge on any atom is 0.241 e. The van der Waals surface area contributed by atoms with Crippen molar-refractivity contribution in [2.24, 2.45) is 0 Å². The van der Waals surface area contributed by atoms with Gasteiger partial charge in [0, 0.05) is 44.8 Å². The van der Waals surface area contributed by atoms with E-state index in [0.717, 1.165) is 31.6 Å². The summed E-state index contributed by atoms with van der Waals surface area (Å²) in [5.74, 6) is 0.276. The molecule has 1 aliphatic heterocycles. The van der Waals surface area contributed by atoms with Gasteiger partial charge in [-0.05, 0) is 30.5 Å². The van der Waals surface area contributed by atoms with Crippen LogP contribution in [0, 0.1) is 0 Å². The molecule has 0 spiro atoms. The Balaban J connectivity index is 1.42. The first-order chi connectivity index (χ1) is 14.7. The summed E-state index contributed by atoms with van der Waals surface area (Å²) in [5, 5.41) is 0. The third-order valence-corrected chi connectivity index (χ3v) is 5.46. The lowest BCUT2D eigenvalue weighted by Gasteiger charge is -2.35. The molecule has 5 heteroatoms. The van der Waals surface area contributed by atoms with E-state index in [1.54, 1.807) is 11.0 Å². The van der Waals surface area contributed by atoms with Gasteiger partial charge in [-0.15, -0.1) is 6.58 Å². The van der Waals surface area contributed by atoms with Gasteiger partial charge in [0.1, 0.15) is 0 Å². The summed E-state index contributed by atoms with van der Waals surface area (Å²) < 4.78 is 0. The fourth-order valence-corrected chi connectivity index (χ4v) is 3.77. The van der Waals surface area contributed by atoms with Gasteiger partial charge in [0.05, 0.1) is 6.54 Å². The zero-order chi connectivity index (χ0) is 21.2.